The zero-order valence-corrected chi connectivity index (χ0v) is 11.2. The van der Waals surface area contributed by atoms with Gasteiger partial charge in [-0.2, -0.15) is 0 Å². The Labute approximate surface area is 108 Å². The second-order valence-electron chi connectivity index (χ2n) is 5.33. The molecular formula is C12H19N3O2S. The molecule has 1 aromatic rings. The summed E-state index contributed by atoms with van der Waals surface area (Å²) in [6, 6.07) is 0.979. The van der Waals surface area contributed by atoms with Crippen LogP contribution in [-0.4, -0.2) is 35.5 Å². The first-order valence-electron chi connectivity index (χ1n) is 6.58. The molecule has 0 spiro atoms. The molecule has 1 saturated heterocycles. The Morgan fingerprint density at radius 3 is 2.67 bits per heavy atom. The standard InChI is InChI=1S/C12H19N3O2S/c16-18(17)5-3-10(4-6-18)14-8-12-7-13-9-15(12)11-1-2-11/h7,9-11,14H,1-6,8H2. The number of hydrogen-bond donors (Lipinski definition) is 1. The quantitative estimate of drug-likeness (QED) is 0.881. The number of hydrogen-bond acceptors (Lipinski definition) is 4. The summed E-state index contributed by atoms with van der Waals surface area (Å²) in [6.45, 7) is 0.793. The molecule has 2 aliphatic rings. The van der Waals surface area contributed by atoms with Crippen LogP contribution in [0.4, 0.5) is 0 Å². The van der Waals surface area contributed by atoms with Crippen LogP contribution in [0.25, 0.3) is 0 Å². The van der Waals surface area contributed by atoms with Gasteiger partial charge in [0, 0.05) is 24.8 Å². The second-order valence-corrected chi connectivity index (χ2v) is 7.63. The molecule has 100 valence electrons. The Bertz CT molecular complexity index is 505. The molecule has 1 saturated carbocycles. The van der Waals surface area contributed by atoms with Gasteiger partial charge >= 0.3 is 0 Å². The summed E-state index contributed by atoms with van der Waals surface area (Å²) in [5.41, 5.74) is 1.21. The molecule has 3 rings (SSSR count). The first-order valence-corrected chi connectivity index (χ1v) is 8.41. The summed E-state index contributed by atoms with van der Waals surface area (Å²) in [7, 11) is -2.76. The van der Waals surface area contributed by atoms with Gasteiger partial charge in [-0.05, 0) is 25.7 Å². The van der Waals surface area contributed by atoms with Gasteiger partial charge in [-0.25, -0.2) is 13.4 Å². The van der Waals surface area contributed by atoms with Gasteiger partial charge in [-0.1, -0.05) is 0 Å². The molecule has 1 aromatic heterocycles. The van der Waals surface area contributed by atoms with E-state index >= 15 is 0 Å². The normalized spacial score (nSPS) is 24.2. The minimum Gasteiger partial charge on any atom is -0.330 e. The van der Waals surface area contributed by atoms with Gasteiger partial charge in [0.05, 0.1) is 23.5 Å². The van der Waals surface area contributed by atoms with Crippen molar-refractivity contribution >= 4 is 9.84 Å². The molecule has 1 aliphatic heterocycles. The van der Waals surface area contributed by atoms with Crippen molar-refractivity contribution in [2.75, 3.05) is 11.5 Å². The van der Waals surface area contributed by atoms with Crippen molar-refractivity contribution in [1.82, 2.24) is 14.9 Å². The van der Waals surface area contributed by atoms with Crippen LogP contribution in [0.2, 0.25) is 0 Å². The second kappa shape index (κ2) is 4.66. The largest absolute Gasteiger partial charge is 0.330 e. The van der Waals surface area contributed by atoms with Gasteiger partial charge in [0.15, 0.2) is 0 Å². The first kappa shape index (κ1) is 12.2. The molecule has 0 atom stereocenters. The fourth-order valence-corrected chi connectivity index (χ4v) is 3.98. The van der Waals surface area contributed by atoms with Crippen LogP contribution in [0.3, 0.4) is 0 Å². The maximum Gasteiger partial charge on any atom is 0.150 e. The lowest BCUT2D eigenvalue weighted by Crippen LogP contribution is -2.37. The predicted octanol–water partition coefficient (Wildman–Crippen LogP) is 0.885. The van der Waals surface area contributed by atoms with E-state index in [1.165, 1.54) is 18.5 Å². The Kier molecular flexibility index (Phi) is 3.15. The van der Waals surface area contributed by atoms with Crippen LogP contribution in [-0.2, 0) is 16.4 Å². The van der Waals surface area contributed by atoms with Crippen molar-refractivity contribution in [1.29, 1.82) is 0 Å². The fourth-order valence-electron chi connectivity index (χ4n) is 2.49. The highest BCUT2D eigenvalue weighted by Gasteiger charge is 2.26. The summed E-state index contributed by atoms with van der Waals surface area (Å²) in [5, 5.41) is 3.46. The van der Waals surface area contributed by atoms with E-state index in [4.69, 9.17) is 0 Å². The van der Waals surface area contributed by atoms with Crippen LogP contribution in [0, 0.1) is 0 Å². The molecule has 5 nitrogen and oxygen atoms in total. The minimum atomic E-state index is -2.76. The average Bonchev–Trinajstić information content (AvgIpc) is 3.08. The predicted molar refractivity (Wildman–Crippen MR) is 69.0 cm³/mol. The molecule has 0 amide bonds. The highest BCUT2D eigenvalue weighted by molar-refractivity contribution is 7.91. The molecule has 2 fully saturated rings. The average molecular weight is 269 g/mol. The van der Waals surface area contributed by atoms with Crippen molar-refractivity contribution in [2.45, 2.75) is 44.3 Å². The monoisotopic (exact) mass is 269 g/mol. The fraction of sp³-hybridized carbons (Fsp3) is 0.750. The molecule has 0 aromatic carbocycles. The smallest absolute Gasteiger partial charge is 0.150 e. The minimum absolute atomic E-state index is 0.326. The summed E-state index contributed by atoms with van der Waals surface area (Å²) in [5.74, 6) is 0.652. The van der Waals surface area contributed by atoms with Crippen molar-refractivity contribution in [3.63, 3.8) is 0 Å². The molecule has 1 aliphatic carbocycles. The van der Waals surface area contributed by atoms with Crippen LogP contribution in [0.1, 0.15) is 37.4 Å². The lowest BCUT2D eigenvalue weighted by atomic mass is 10.1. The number of nitrogens with zero attached hydrogens (tertiary/aromatic N) is 2. The number of rotatable bonds is 4. The number of imidazole rings is 1. The first-order chi connectivity index (χ1) is 8.64. The van der Waals surface area contributed by atoms with Crippen molar-refractivity contribution < 1.29 is 8.42 Å². The van der Waals surface area contributed by atoms with Crippen molar-refractivity contribution in [2.24, 2.45) is 0 Å². The third-order valence-electron chi connectivity index (χ3n) is 3.81. The van der Waals surface area contributed by atoms with Gasteiger partial charge in [0.2, 0.25) is 0 Å². The van der Waals surface area contributed by atoms with E-state index in [9.17, 15) is 8.42 Å². The van der Waals surface area contributed by atoms with E-state index in [2.05, 4.69) is 14.9 Å². The lowest BCUT2D eigenvalue weighted by molar-refractivity contribution is 0.454. The highest BCUT2D eigenvalue weighted by Crippen LogP contribution is 2.35. The van der Waals surface area contributed by atoms with E-state index in [-0.39, 0.29) is 0 Å². The molecule has 18 heavy (non-hydrogen) atoms. The Hall–Kier alpha value is -0.880. The number of aromatic nitrogens is 2. The molecule has 0 radical (unpaired) electrons. The van der Waals surface area contributed by atoms with E-state index in [0.29, 0.717) is 23.6 Å². The molecular weight excluding hydrogens is 250 g/mol. The summed E-state index contributed by atoms with van der Waals surface area (Å²) in [6.07, 6.45) is 7.79. The number of nitrogens with one attached hydrogen (secondary N) is 1. The van der Waals surface area contributed by atoms with Gasteiger partial charge in [0.25, 0.3) is 0 Å². The zero-order valence-electron chi connectivity index (χ0n) is 10.4. The van der Waals surface area contributed by atoms with Gasteiger partial charge in [-0.15, -0.1) is 0 Å². The van der Waals surface area contributed by atoms with Crippen LogP contribution >= 0.6 is 0 Å². The molecule has 1 N–H and O–H groups in total. The van der Waals surface area contributed by atoms with Gasteiger partial charge < -0.3 is 9.88 Å². The zero-order chi connectivity index (χ0) is 12.6. The number of sulfone groups is 1. The maximum atomic E-state index is 11.3. The van der Waals surface area contributed by atoms with Crippen LogP contribution in [0.15, 0.2) is 12.5 Å². The summed E-state index contributed by atoms with van der Waals surface area (Å²) >= 11 is 0. The van der Waals surface area contributed by atoms with Crippen molar-refractivity contribution in [3.8, 4) is 0 Å². The van der Waals surface area contributed by atoms with E-state index < -0.39 is 9.84 Å². The Balaban J connectivity index is 1.53. The Morgan fingerprint density at radius 1 is 1.28 bits per heavy atom. The van der Waals surface area contributed by atoms with Gasteiger partial charge in [0.1, 0.15) is 9.84 Å². The Morgan fingerprint density at radius 2 is 2.00 bits per heavy atom. The van der Waals surface area contributed by atoms with E-state index in [0.717, 1.165) is 19.4 Å². The van der Waals surface area contributed by atoms with Gasteiger partial charge in [-0.3, -0.25) is 0 Å². The molecule has 6 heteroatoms. The topological polar surface area (TPSA) is 64.0 Å². The summed E-state index contributed by atoms with van der Waals surface area (Å²) < 4.78 is 24.9. The van der Waals surface area contributed by atoms with E-state index in [1.807, 2.05) is 12.5 Å². The van der Waals surface area contributed by atoms with E-state index in [1.54, 1.807) is 0 Å². The molecule has 0 bridgehead atoms. The molecule has 0 unspecified atom stereocenters. The molecule has 2 heterocycles. The SMILES string of the molecule is O=S1(=O)CCC(NCc2cncn2C2CC2)CC1. The lowest BCUT2D eigenvalue weighted by Gasteiger charge is -2.23. The van der Waals surface area contributed by atoms with Crippen LogP contribution in [0.5, 0.6) is 0 Å². The van der Waals surface area contributed by atoms with Crippen LogP contribution < -0.4 is 5.32 Å². The third-order valence-corrected chi connectivity index (χ3v) is 5.53. The van der Waals surface area contributed by atoms with Crippen molar-refractivity contribution in [3.05, 3.63) is 18.2 Å². The highest BCUT2D eigenvalue weighted by atomic mass is 32.2. The summed E-state index contributed by atoms with van der Waals surface area (Å²) in [4.78, 5) is 4.20. The maximum absolute atomic E-state index is 11.3. The third kappa shape index (κ3) is 2.75.